The molecule has 4 rings (SSSR count). The second-order valence-corrected chi connectivity index (χ2v) is 7.77. The van der Waals surface area contributed by atoms with E-state index in [1.807, 2.05) is 13.8 Å². The van der Waals surface area contributed by atoms with Crippen molar-refractivity contribution in [1.82, 2.24) is 0 Å². The fourth-order valence-electron chi connectivity index (χ4n) is 3.39. The molecule has 2 aliphatic rings. The standard InChI is InChI=1S/C15H14N2O2S2/c1-8-12(5-18)20-10-3-17-7-16(14(8)10)4-11-15(17)9(2)13(6-19)21-11/h5-6H,3-4,7H2,1-2H3. The second-order valence-electron chi connectivity index (χ2n) is 5.50. The average Bonchev–Trinajstić information content (AvgIpc) is 2.96. The topological polar surface area (TPSA) is 40.6 Å². The third-order valence-electron chi connectivity index (χ3n) is 4.30. The lowest BCUT2D eigenvalue weighted by atomic mass is 10.1. The van der Waals surface area contributed by atoms with Crippen molar-refractivity contribution in [2.75, 3.05) is 16.5 Å². The number of hydrogen-bond donors (Lipinski definition) is 0. The van der Waals surface area contributed by atoms with Crippen LogP contribution in [0, 0.1) is 13.8 Å². The largest absolute Gasteiger partial charge is 0.347 e. The van der Waals surface area contributed by atoms with E-state index in [1.165, 1.54) is 21.1 Å². The summed E-state index contributed by atoms with van der Waals surface area (Å²) < 4.78 is 0. The molecular weight excluding hydrogens is 304 g/mol. The second kappa shape index (κ2) is 4.42. The van der Waals surface area contributed by atoms with Crippen LogP contribution < -0.4 is 9.80 Å². The van der Waals surface area contributed by atoms with Gasteiger partial charge in [0, 0.05) is 9.75 Å². The maximum atomic E-state index is 11.2. The Morgan fingerprint density at radius 1 is 0.857 bits per heavy atom. The lowest BCUT2D eigenvalue weighted by molar-refractivity contribution is 0.111. The van der Waals surface area contributed by atoms with Crippen LogP contribution in [0.25, 0.3) is 0 Å². The lowest BCUT2D eigenvalue weighted by Crippen LogP contribution is -2.45. The first-order valence-corrected chi connectivity index (χ1v) is 8.42. The van der Waals surface area contributed by atoms with E-state index in [4.69, 9.17) is 0 Å². The van der Waals surface area contributed by atoms with Gasteiger partial charge in [-0.15, -0.1) is 22.7 Å². The minimum absolute atomic E-state index is 0.827. The minimum atomic E-state index is 0.827. The molecule has 0 N–H and O–H groups in total. The van der Waals surface area contributed by atoms with Gasteiger partial charge in [0.1, 0.15) is 0 Å². The zero-order valence-corrected chi connectivity index (χ0v) is 13.4. The van der Waals surface area contributed by atoms with Crippen molar-refractivity contribution < 1.29 is 9.59 Å². The summed E-state index contributed by atoms with van der Waals surface area (Å²) >= 11 is 3.19. The highest BCUT2D eigenvalue weighted by molar-refractivity contribution is 7.15. The van der Waals surface area contributed by atoms with E-state index in [1.54, 1.807) is 22.7 Å². The molecule has 0 aromatic carbocycles. The molecule has 0 atom stereocenters. The number of carbonyl (C=O) groups is 2. The molecule has 0 radical (unpaired) electrons. The Hall–Kier alpha value is -1.66. The normalized spacial score (nSPS) is 15.7. The molecular formula is C15H14N2O2S2. The Labute approximate surface area is 130 Å². The first-order valence-electron chi connectivity index (χ1n) is 6.78. The average molecular weight is 318 g/mol. The molecule has 0 saturated heterocycles. The molecule has 21 heavy (non-hydrogen) atoms. The van der Waals surface area contributed by atoms with Crippen LogP contribution in [0.1, 0.15) is 40.2 Å². The smallest absolute Gasteiger partial charge is 0.160 e. The summed E-state index contributed by atoms with van der Waals surface area (Å²) in [4.78, 5) is 31.2. The molecule has 4 nitrogen and oxygen atoms in total. The van der Waals surface area contributed by atoms with Gasteiger partial charge in [0.2, 0.25) is 0 Å². The molecule has 108 valence electrons. The molecule has 2 bridgehead atoms. The monoisotopic (exact) mass is 318 g/mol. The summed E-state index contributed by atoms with van der Waals surface area (Å²) in [6, 6.07) is 0. The van der Waals surface area contributed by atoms with Crippen molar-refractivity contribution >= 4 is 46.6 Å². The van der Waals surface area contributed by atoms with Gasteiger partial charge >= 0.3 is 0 Å². The summed E-state index contributed by atoms with van der Waals surface area (Å²) in [6.45, 7) is 6.55. The van der Waals surface area contributed by atoms with Gasteiger partial charge in [0.05, 0.1) is 40.9 Å². The molecule has 6 heteroatoms. The predicted molar refractivity (Wildman–Crippen MR) is 86.1 cm³/mol. The van der Waals surface area contributed by atoms with Crippen molar-refractivity contribution in [2.24, 2.45) is 0 Å². The third kappa shape index (κ3) is 1.66. The number of hydrogen-bond acceptors (Lipinski definition) is 6. The van der Waals surface area contributed by atoms with Gasteiger partial charge in [-0.2, -0.15) is 0 Å². The van der Waals surface area contributed by atoms with Crippen LogP contribution in [0.15, 0.2) is 0 Å². The van der Waals surface area contributed by atoms with Crippen LogP contribution in [0.4, 0.5) is 11.4 Å². The van der Waals surface area contributed by atoms with E-state index in [0.717, 1.165) is 53.2 Å². The van der Waals surface area contributed by atoms with Gasteiger partial charge < -0.3 is 9.80 Å². The molecule has 2 aromatic rings. The predicted octanol–water partition coefficient (Wildman–Crippen LogP) is 3.35. The number of rotatable bonds is 2. The molecule has 0 fully saturated rings. The zero-order chi connectivity index (χ0) is 14.7. The van der Waals surface area contributed by atoms with Crippen LogP contribution in [0.5, 0.6) is 0 Å². The van der Waals surface area contributed by atoms with Crippen molar-refractivity contribution in [1.29, 1.82) is 0 Å². The summed E-state index contributed by atoms with van der Waals surface area (Å²) in [5.41, 5.74) is 4.64. The van der Waals surface area contributed by atoms with Crippen LogP contribution in [0.3, 0.4) is 0 Å². The fraction of sp³-hybridized carbons (Fsp3) is 0.333. The van der Waals surface area contributed by atoms with E-state index in [-0.39, 0.29) is 0 Å². The summed E-state index contributed by atoms with van der Waals surface area (Å²) in [5.74, 6) is 0. The van der Waals surface area contributed by atoms with E-state index < -0.39 is 0 Å². The van der Waals surface area contributed by atoms with Crippen molar-refractivity contribution in [2.45, 2.75) is 26.9 Å². The van der Waals surface area contributed by atoms with Crippen molar-refractivity contribution in [3.05, 3.63) is 30.6 Å². The number of anilines is 2. The van der Waals surface area contributed by atoms with Gasteiger partial charge in [-0.3, -0.25) is 9.59 Å². The number of aldehydes is 2. The summed E-state index contributed by atoms with van der Waals surface area (Å²) in [5, 5.41) is 0. The highest BCUT2D eigenvalue weighted by Crippen LogP contribution is 2.47. The molecule has 2 aromatic heterocycles. The molecule has 0 amide bonds. The van der Waals surface area contributed by atoms with Crippen LogP contribution in [-0.4, -0.2) is 19.2 Å². The van der Waals surface area contributed by atoms with Gasteiger partial charge in [-0.25, -0.2) is 0 Å². The SMILES string of the molecule is Cc1c(C=O)sc2c1N1Cc3sc(C=O)c(C)c3N(C2)C1. The Morgan fingerprint density at radius 3 is 1.67 bits per heavy atom. The van der Waals surface area contributed by atoms with Crippen molar-refractivity contribution in [3.63, 3.8) is 0 Å². The molecule has 0 aliphatic carbocycles. The third-order valence-corrected chi connectivity index (χ3v) is 6.68. The van der Waals surface area contributed by atoms with Gasteiger partial charge in [0.15, 0.2) is 12.6 Å². The van der Waals surface area contributed by atoms with Gasteiger partial charge in [-0.05, 0) is 25.0 Å². The maximum absolute atomic E-state index is 11.2. The first kappa shape index (κ1) is 13.0. The number of nitrogens with zero attached hydrogens (tertiary/aromatic N) is 2. The van der Waals surface area contributed by atoms with Gasteiger partial charge in [0.25, 0.3) is 0 Å². The zero-order valence-electron chi connectivity index (χ0n) is 11.8. The number of carbonyl (C=O) groups excluding carboxylic acids is 2. The van der Waals surface area contributed by atoms with E-state index in [0.29, 0.717) is 0 Å². The summed E-state index contributed by atoms with van der Waals surface area (Å²) in [7, 11) is 0. The summed E-state index contributed by atoms with van der Waals surface area (Å²) in [6.07, 6.45) is 1.93. The van der Waals surface area contributed by atoms with Crippen LogP contribution in [0.2, 0.25) is 0 Å². The fourth-order valence-corrected chi connectivity index (χ4v) is 5.71. The number of fused-ring (bicyclic) bond motifs is 6. The molecule has 0 spiro atoms. The van der Waals surface area contributed by atoms with Crippen molar-refractivity contribution in [3.8, 4) is 0 Å². The van der Waals surface area contributed by atoms with E-state index >= 15 is 0 Å². The quantitative estimate of drug-likeness (QED) is 0.796. The maximum Gasteiger partial charge on any atom is 0.160 e. The number of thiophene rings is 2. The first-order chi connectivity index (χ1) is 10.1. The van der Waals surface area contributed by atoms with E-state index in [2.05, 4.69) is 9.80 Å². The Kier molecular flexibility index (Phi) is 2.74. The molecule has 0 saturated carbocycles. The van der Waals surface area contributed by atoms with Crippen LogP contribution >= 0.6 is 22.7 Å². The van der Waals surface area contributed by atoms with Gasteiger partial charge in [-0.1, -0.05) is 0 Å². The minimum Gasteiger partial charge on any atom is -0.347 e. The molecule has 2 aliphatic heterocycles. The molecule has 0 unspecified atom stereocenters. The highest BCUT2D eigenvalue weighted by atomic mass is 32.1. The molecule has 4 heterocycles. The Balaban J connectivity index is 1.86. The van der Waals surface area contributed by atoms with E-state index in [9.17, 15) is 9.59 Å². The van der Waals surface area contributed by atoms with Crippen LogP contribution in [-0.2, 0) is 13.1 Å². The Bertz CT molecular complexity index is 711. The highest BCUT2D eigenvalue weighted by Gasteiger charge is 2.35. The Morgan fingerprint density at radius 2 is 1.29 bits per heavy atom. The lowest BCUT2D eigenvalue weighted by Gasteiger charge is -2.43.